The second kappa shape index (κ2) is 32.8. The molecule has 0 atom stereocenters. The molecule has 0 saturated carbocycles. The van der Waals surface area contributed by atoms with Crippen molar-refractivity contribution in [2.24, 2.45) is 0 Å². The molecular weight excluding hydrogens is 524 g/mol. The van der Waals surface area contributed by atoms with Gasteiger partial charge in [0, 0.05) is 25.9 Å². The van der Waals surface area contributed by atoms with Crippen molar-refractivity contribution in [2.45, 2.75) is 194 Å². The smallest absolute Gasteiger partial charge is 0.224 e. The molecule has 6 nitrogen and oxygen atoms in total. The van der Waals surface area contributed by atoms with Gasteiger partial charge in [-0.15, -0.1) is 0 Å². The van der Waals surface area contributed by atoms with Crippen LogP contribution in [-0.2, 0) is 9.59 Å². The highest BCUT2D eigenvalue weighted by Crippen LogP contribution is 2.15. The minimum atomic E-state index is -0.344. The van der Waals surface area contributed by atoms with Crippen molar-refractivity contribution in [2.75, 3.05) is 26.6 Å². The Morgan fingerprint density at radius 2 is 0.595 bits per heavy atom. The molecule has 6 heteroatoms. The Labute approximate surface area is 261 Å². The lowest BCUT2D eigenvalue weighted by Crippen LogP contribution is -2.41. The first-order valence-corrected chi connectivity index (χ1v) is 18.4. The summed E-state index contributed by atoms with van der Waals surface area (Å²) in [5.74, 6) is -0.134. The van der Waals surface area contributed by atoms with Gasteiger partial charge in [0.2, 0.25) is 11.8 Å². The fourth-order valence-corrected chi connectivity index (χ4v) is 5.69. The Bertz CT molecular complexity index is 537. The van der Waals surface area contributed by atoms with E-state index in [9.17, 15) is 19.8 Å². The highest BCUT2D eigenvalue weighted by Gasteiger charge is 2.17. The average molecular weight is 597 g/mol. The Morgan fingerprint density at radius 3 is 0.810 bits per heavy atom. The Morgan fingerprint density at radius 1 is 0.381 bits per heavy atom. The van der Waals surface area contributed by atoms with Crippen LogP contribution in [0.15, 0.2) is 0 Å². The van der Waals surface area contributed by atoms with Crippen LogP contribution < -0.4 is 0 Å². The summed E-state index contributed by atoms with van der Waals surface area (Å²) in [5, 5.41) is 19.4. The van der Waals surface area contributed by atoms with Crippen molar-refractivity contribution in [1.82, 2.24) is 9.80 Å². The van der Waals surface area contributed by atoms with Crippen LogP contribution in [0.3, 0.4) is 0 Å². The molecule has 2 amide bonds. The molecule has 0 fully saturated rings. The molecule has 0 unspecified atom stereocenters. The topological polar surface area (TPSA) is 81.1 Å². The van der Waals surface area contributed by atoms with Crippen LogP contribution >= 0.6 is 0 Å². The minimum absolute atomic E-state index is 0.0672. The van der Waals surface area contributed by atoms with E-state index < -0.39 is 0 Å². The molecule has 0 spiro atoms. The standard InChI is InChI=1S/C36H72N2O4/c1-3-5-7-9-11-13-15-17-19-21-23-25-27-29-35(41)37(33-39)31-32-38(34-40)36(42)30-28-26-24-22-20-18-16-14-12-10-8-6-4-2/h39-40H,3-34H2,1-2H3. The maximum Gasteiger partial charge on any atom is 0.224 e. The highest BCUT2D eigenvalue weighted by molar-refractivity contribution is 5.77. The zero-order valence-electron chi connectivity index (χ0n) is 28.2. The van der Waals surface area contributed by atoms with Crippen LogP contribution in [0.2, 0.25) is 0 Å². The molecule has 0 bridgehead atoms. The fraction of sp³-hybridized carbons (Fsp3) is 0.944. The molecule has 0 aromatic heterocycles. The van der Waals surface area contributed by atoms with Gasteiger partial charge in [0.05, 0.1) is 0 Å². The maximum atomic E-state index is 12.6. The van der Waals surface area contributed by atoms with Crippen molar-refractivity contribution in [3.8, 4) is 0 Å². The zero-order valence-corrected chi connectivity index (χ0v) is 28.2. The van der Waals surface area contributed by atoms with Crippen LogP contribution in [0.1, 0.15) is 194 Å². The molecule has 0 aromatic carbocycles. The van der Waals surface area contributed by atoms with Crippen molar-refractivity contribution in [3.05, 3.63) is 0 Å². The number of rotatable bonds is 33. The summed E-state index contributed by atoms with van der Waals surface area (Å²) in [6.45, 7) is 4.36. The summed E-state index contributed by atoms with van der Waals surface area (Å²) in [4.78, 5) is 27.9. The number of nitrogens with zero attached hydrogens (tertiary/aromatic N) is 2. The molecular formula is C36H72N2O4. The number of carbonyl (C=O) groups excluding carboxylic acids is 2. The SMILES string of the molecule is CCCCCCCCCCCCCCCC(=O)N(CO)CCN(CO)C(=O)CCCCCCCCCCCCCCC. The minimum Gasteiger partial charge on any atom is -0.376 e. The monoisotopic (exact) mass is 597 g/mol. The normalized spacial score (nSPS) is 11.2. The summed E-state index contributed by atoms with van der Waals surface area (Å²) in [6, 6.07) is 0. The summed E-state index contributed by atoms with van der Waals surface area (Å²) in [5.41, 5.74) is 0. The van der Waals surface area contributed by atoms with Crippen LogP contribution in [0, 0.1) is 0 Å². The summed E-state index contributed by atoms with van der Waals surface area (Å²) >= 11 is 0. The Hall–Kier alpha value is -1.14. The van der Waals surface area contributed by atoms with Gasteiger partial charge in [-0.25, -0.2) is 0 Å². The van der Waals surface area contributed by atoms with E-state index in [1.165, 1.54) is 138 Å². The van der Waals surface area contributed by atoms with E-state index in [-0.39, 0.29) is 38.4 Å². The van der Waals surface area contributed by atoms with Gasteiger partial charge in [0.25, 0.3) is 0 Å². The first kappa shape index (κ1) is 40.9. The third-order valence-electron chi connectivity index (χ3n) is 8.68. The molecule has 0 aromatic rings. The largest absolute Gasteiger partial charge is 0.376 e. The number of carbonyl (C=O) groups is 2. The number of unbranched alkanes of at least 4 members (excludes halogenated alkanes) is 24. The summed E-state index contributed by atoms with van der Waals surface area (Å²) in [6.07, 6.45) is 33.8. The molecule has 0 aliphatic heterocycles. The number of hydrogen-bond acceptors (Lipinski definition) is 4. The summed E-state index contributed by atoms with van der Waals surface area (Å²) < 4.78 is 0. The fourth-order valence-electron chi connectivity index (χ4n) is 5.69. The van der Waals surface area contributed by atoms with Gasteiger partial charge < -0.3 is 20.0 Å². The lowest BCUT2D eigenvalue weighted by Gasteiger charge is -2.25. The van der Waals surface area contributed by atoms with Gasteiger partial charge in [-0.3, -0.25) is 9.59 Å². The highest BCUT2D eigenvalue weighted by atomic mass is 16.3. The van der Waals surface area contributed by atoms with Gasteiger partial charge >= 0.3 is 0 Å². The molecule has 250 valence electrons. The first-order valence-electron chi connectivity index (χ1n) is 18.4. The van der Waals surface area contributed by atoms with Crippen LogP contribution in [0.5, 0.6) is 0 Å². The average Bonchev–Trinajstić information content (AvgIpc) is 2.99. The summed E-state index contributed by atoms with van der Waals surface area (Å²) in [7, 11) is 0. The quantitative estimate of drug-likeness (QED) is 0.0584. The predicted octanol–water partition coefficient (Wildman–Crippen LogP) is 9.51. The third-order valence-corrected chi connectivity index (χ3v) is 8.68. The van der Waals surface area contributed by atoms with Gasteiger partial charge in [-0.2, -0.15) is 0 Å². The molecule has 0 saturated heterocycles. The van der Waals surface area contributed by atoms with Crippen molar-refractivity contribution in [1.29, 1.82) is 0 Å². The van der Waals surface area contributed by atoms with Crippen LogP contribution in [0.25, 0.3) is 0 Å². The second-order valence-electron chi connectivity index (χ2n) is 12.6. The number of aliphatic hydroxyl groups is 2. The van der Waals surface area contributed by atoms with Crippen molar-refractivity contribution >= 4 is 11.8 Å². The van der Waals surface area contributed by atoms with Gasteiger partial charge in [0.1, 0.15) is 13.5 Å². The maximum absolute atomic E-state index is 12.6. The van der Waals surface area contributed by atoms with Gasteiger partial charge in [-0.1, -0.05) is 168 Å². The Kier molecular flexibility index (Phi) is 31.9. The van der Waals surface area contributed by atoms with Gasteiger partial charge in [-0.05, 0) is 12.8 Å². The van der Waals surface area contributed by atoms with E-state index in [1.54, 1.807) is 0 Å². The van der Waals surface area contributed by atoms with Crippen molar-refractivity contribution < 1.29 is 19.8 Å². The second-order valence-corrected chi connectivity index (χ2v) is 12.6. The zero-order chi connectivity index (χ0) is 30.9. The van der Waals surface area contributed by atoms with Crippen LogP contribution in [0.4, 0.5) is 0 Å². The van der Waals surface area contributed by atoms with E-state index >= 15 is 0 Å². The number of aliphatic hydroxyl groups excluding tert-OH is 2. The van der Waals surface area contributed by atoms with E-state index in [0.29, 0.717) is 12.8 Å². The lowest BCUT2D eigenvalue weighted by atomic mass is 10.0. The predicted molar refractivity (Wildman–Crippen MR) is 178 cm³/mol. The number of hydrogen-bond donors (Lipinski definition) is 2. The molecule has 0 heterocycles. The molecule has 0 aliphatic rings. The van der Waals surface area contributed by atoms with Crippen LogP contribution in [-0.4, -0.2) is 58.4 Å². The van der Waals surface area contributed by atoms with E-state index in [4.69, 9.17) is 0 Å². The lowest BCUT2D eigenvalue weighted by molar-refractivity contribution is -0.140. The molecule has 42 heavy (non-hydrogen) atoms. The van der Waals surface area contributed by atoms with Gasteiger partial charge in [0.15, 0.2) is 0 Å². The van der Waals surface area contributed by atoms with E-state index in [2.05, 4.69) is 13.8 Å². The van der Waals surface area contributed by atoms with E-state index in [0.717, 1.165) is 38.5 Å². The Balaban J connectivity index is 3.79. The third kappa shape index (κ3) is 26.5. The molecule has 0 radical (unpaired) electrons. The molecule has 0 aliphatic carbocycles. The number of amides is 2. The molecule has 2 N–H and O–H groups in total. The molecule has 0 rings (SSSR count). The first-order chi connectivity index (χ1) is 20.6. The van der Waals surface area contributed by atoms with Crippen molar-refractivity contribution in [3.63, 3.8) is 0 Å². The van der Waals surface area contributed by atoms with E-state index in [1.807, 2.05) is 0 Å².